The lowest BCUT2D eigenvalue weighted by atomic mass is 9.72. The molecule has 3 aliphatic rings. The first-order valence-corrected chi connectivity index (χ1v) is 17.9. The van der Waals surface area contributed by atoms with E-state index in [1.165, 1.54) is 23.5 Å². The van der Waals surface area contributed by atoms with Gasteiger partial charge in [0.1, 0.15) is 0 Å². The van der Waals surface area contributed by atoms with Gasteiger partial charge in [0.2, 0.25) is 0 Å². The van der Waals surface area contributed by atoms with Crippen molar-refractivity contribution < 1.29 is 27.4 Å². The van der Waals surface area contributed by atoms with Gasteiger partial charge in [-0.15, -0.1) is 21.5 Å². The van der Waals surface area contributed by atoms with Crippen molar-refractivity contribution in [3.8, 4) is 44.6 Å². The zero-order chi connectivity index (χ0) is 52.7. The Morgan fingerprint density at radius 3 is 2.33 bits per heavy atom. The molecule has 0 bridgehead atoms. The molecule has 4 heteroatoms. The molecule has 10 rings (SSSR count). The van der Waals surface area contributed by atoms with E-state index in [1.54, 1.807) is 0 Å². The maximum absolute atomic E-state index is 10.5. The Morgan fingerprint density at radius 2 is 1.46 bits per heavy atom. The van der Waals surface area contributed by atoms with Crippen LogP contribution in [0.15, 0.2) is 91.1 Å². The van der Waals surface area contributed by atoms with Crippen molar-refractivity contribution in [1.29, 1.82) is 0 Å². The van der Waals surface area contributed by atoms with Crippen LogP contribution in [-0.4, -0.2) is 15.4 Å². The molecule has 0 amide bonds. The summed E-state index contributed by atoms with van der Waals surface area (Å²) in [4.78, 5) is 0. The quantitative estimate of drug-likeness (QED) is 0.178. The van der Waals surface area contributed by atoms with Gasteiger partial charge in [0.05, 0.1) is 11.9 Å². The number of thiophene rings is 1. The topological polar surface area (TPSA) is 38.7 Å². The second-order valence-electron chi connectivity index (χ2n) is 13.1. The Hall–Kier alpha value is -4.67. The molecule has 4 atom stereocenters. The molecule has 0 aliphatic heterocycles. The SMILES string of the molecule is [2H]C1C([2H])([2H])C([2H])([2H])C([2H])([2H])C([2H])([2H])C1([2H])c1ccc(-c2c(-c3c(C)c(C)cc4c3Cc3ccccc3-4)ccc3sc4ccccc4c23)c(-c2ccnnn2)c1C1([2H])C([2H])C([2H])([2H])C([2H])([2H])C([2H])([2H])C1([2H])[2H]. The van der Waals surface area contributed by atoms with Crippen LogP contribution in [-0.2, 0) is 6.42 Å². The van der Waals surface area contributed by atoms with Crippen LogP contribution in [0.2, 0.25) is 0 Å². The van der Waals surface area contributed by atoms with E-state index >= 15 is 0 Å². The normalized spacial score (nSPS) is 37.6. The van der Waals surface area contributed by atoms with Gasteiger partial charge in [-0.3, -0.25) is 0 Å². The van der Waals surface area contributed by atoms with Crippen molar-refractivity contribution in [3.05, 3.63) is 125 Å². The predicted octanol–water partition coefficient (Wildman–Crippen LogP) is 13.5. The minimum absolute atomic E-state index is 0.00393. The summed E-state index contributed by atoms with van der Waals surface area (Å²) in [6.07, 6.45) is -35.6. The Balaban J connectivity index is 1.47. The molecule has 2 fully saturated rings. The number of hydrogen-bond donors (Lipinski definition) is 0. The Labute approximate surface area is 339 Å². The van der Waals surface area contributed by atoms with Crippen molar-refractivity contribution in [2.24, 2.45) is 0 Å². The molecule has 2 saturated carbocycles. The number of benzene rings is 5. The first kappa shape index (κ1) is 17.4. The lowest BCUT2D eigenvalue weighted by Gasteiger charge is -2.33. The Kier molecular flexibility index (Phi) is 4.38. The average Bonchev–Trinajstić information content (AvgIpc) is 3.90. The molecule has 2 aromatic heterocycles. The van der Waals surface area contributed by atoms with Gasteiger partial charge in [0.15, 0.2) is 0 Å². The zero-order valence-corrected chi connectivity index (χ0v) is 29.1. The molecule has 3 aliphatic carbocycles. The fraction of sp³-hybridized carbons (Fsp3) is 0.312. The highest BCUT2D eigenvalue weighted by Crippen LogP contribution is 2.54. The van der Waals surface area contributed by atoms with Crippen LogP contribution in [0.1, 0.15) is 136 Å². The third-order valence-corrected chi connectivity index (χ3v) is 11.5. The standard InChI is InChI=1S/C48H45N3S/c1-29-27-39-34-18-10-9-17-33(34)28-40(39)44(30(29)2)37-23-24-43-48(36-19-11-12-20-42(36)52-43)46(37)38-22-21-35(31-13-5-3-6-14-31)45(32-15-7-4-8-16-32)47(38)41-25-26-49-51-50-41/h9-12,17-27,31-32H,3-8,13-16,28H2,1-2H3/i3D2,4D2,5D2,6D2,7D2,8D2,13D,14D2,15D,16D2,31D,32D. The van der Waals surface area contributed by atoms with Gasteiger partial charge < -0.3 is 0 Å². The molecule has 0 N–H and O–H groups in total. The average molecular weight is 716 g/mol. The number of aryl methyl sites for hydroxylation is 1. The summed E-state index contributed by atoms with van der Waals surface area (Å²) < 4.78 is 187. The molecule has 2 heterocycles. The molecule has 0 radical (unpaired) electrons. The van der Waals surface area contributed by atoms with Gasteiger partial charge in [0.25, 0.3) is 0 Å². The Bertz CT molecular complexity index is 3430. The molecule has 0 spiro atoms. The summed E-state index contributed by atoms with van der Waals surface area (Å²) in [6, 6.07) is 24.9. The fourth-order valence-electron chi connectivity index (χ4n) is 7.98. The third kappa shape index (κ3) is 5.16. The van der Waals surface area contributed by atoms with Crippen LogP contribution >= 0.6 is 11.3 Å². The molecule has 3 nitrogen and oxygen atoms in total. The highest BCUT2D eigenvalue weighted by molar-refractivity contribution is 7.26. The second-order valence-corrected chi connectivity index (χ2v) is 14.2. The third-order valence-electron chi connectivity index (χ3n) is 10.3. The molecular weight excluding hydrogens is 651 g/mol. The van der Waals surface area contributed by atoms with Gasteiger partial charge in [0, 0.05) is 53.2 Å². The van der Waals surface area contributed by atoms with Crippen molar-refractivity contribution in [3.63, 3.8) is 0 Å². The summed E-state index contributed by atoms with van der Waals surface area (Å²) in [5.41, 5.74) is 4.40. The second kappa shape index (κ2) is 13.1. The summed E-state index contributed by atoms with van der Waals surface area (Å²) in [5.74, 6) is -7.60. The number of rotatable bonds is 5. The van der Waals surface area contributed by atoms with Gasteiger partial charge in [-0.2, -0.15) is 0 Å². The Morgan fingerprint density at radius 1 is 0.692 bits per heavy atom. The van der Waals surface area contributed by atoms with E-state index < -0.39 is 92.3 Å². The van der Waals surface area contributed by atoms with E-state index in [-0.39, 0.29) is 11.3 Å². The smallest absolute Gasteiger partial charge is 0.0972 e. The minimum atomic E-state index is -4.06. The van der Waals surface area contributed by atoms with Crippen molar-refractivity contribution in [1.82, 2.24) is 15.4 Å². The van der Waals surface area contributed by atoms with E-state index in [0.29, 0.717) is 33.0 Å². The molecule has 52 heavy (non-hydrogen) atoms. The highest BCUT2D eigenvalue weighted by Gasteiger charge is 2.32. The summed E-state index contributed by atoms with van der Waals surface area (Å²) in [6.45, 7) is 3.93. The predicted molar refractivity (Wildman–Crippen MR) is 218 cm³/mol. The number of aromatic nitrogens is 3. The molecule has 258 valence electrons. The molecule has 7 aromatic rings. The largest absolute Gasteiger partial charge is 0.139 e. The van der Waals surface area contributed by atoms with Crippen LogP contribution in [0.25, 0.3) is 64.8 Å². The van der Waals surface area contributed by atoms with Crippen LogP contribution in [0, 0.1) is 13.8 Å². The highest BCUT2D eigenvalue weighted by atomic mass is 32.1. The maximum atomic E-state index is 10.5. The lowest BCUT2D eigenvalue weighted by Crippen LogP contribution is -2.15. The number of nitrogens with zero attached hydrogens (tertiary/aromatic N) is 3. The van der Waals surface area contributed by atoms with Crippen LogP contribution in [0.3, 0.4) is 0 Å². The van der Waals surface area contributed by atoms with Crippen LogP contribution in [0.4, 0.5) is 0 Å². The van der Waals surface area contributed by atoms with Crippen LogP contribution < -0.4 is 0 Å². The summed E-state index contributed by atoms with van der Waals surface area (Å²) >= 11 is 1.43. The van der Waals surface area contributed by atoms with Gasteiger partial charge in [-0.05, 0) is 148 Å². The molecule has 0 saturated heterocycles. The summed E-state index contributed by atoms with van der Waals surface area (Å²) in [7, 11) is 0. The van der Waals surface area contributed by atoms with Gasteiger partial charge in [-0.1, -0.05) is 105 Å². The fourth-order valence-corrected chi connectivity index (χ4v) is 9.10. The van der Waals surface area contributed by atoms with Gasteiger partial charge >= 0.3 is 0 Å². The lowest BCUT2D eigenvalue weighted by molar-refractivity contribution is 0.419. The maximum Gasteiger partial charge on any atom is 0.0972 e. The molecular formula is C48H45N3S. The van der Waals surface area contributed by atoms with Crippen molar-refractivity contribution in [2.75, 3.05) is 0 Å². The monoisotopic (exact) mass is 715 g/mol. The van der Waals surface area contributed by atoms with E-state index in [4.69, 9.17) is 16.4 Å². The summed E-state index contributed by atoms with van der Waals surface area (Å²) in [5, 5.41) is 13.3. The zero-order valence-electron chi connectivity index (χ0n) is 48.3. The van der Waals surface area contributed by atoms with Crippen molar-refractivity contribution >= 4 is 31.5 Å². The molecule has 5 aromatic carbocycles. The van der Waals surface area contributed by atoms with E-state index in [9.17, 15) is 11.0 Å². The van der Waals surface area contributed by atoms with E-state index in [2.05, 4.69) is 21.5 Å². The van der Waals surface area contributed by atoms with Crippen LogP contribution in [0.5, 0.6) is 0 Å². The minimum Gasteiger partial charge on any atom is -0.139 e. The van der Waals surface area contributed by atoms with E-state index in [0.717, 1.165) is 55.9 Å². The first-order valence-electron chi connectivity index (χ1n) is 27.2. The van der Waals surface area contributed by atoms with E-state index in [1.807, 2.05) is 74.5 Å². The number of hydrogen-bond acceptors (Lipinski definition) is 4. The van der Waals surface area contributed by atoms with Crippen molar-refractivity contribution in [2.45, 2.75) is 95.8 Å². The molecule has 4 unspecified atom stereocenters. The first-order chi connectivity index (χ1) is 33.2. The number of fused-ring (bicyclic) bond motifs is 6. The van der Waals surface area contributed by atoms with Gasteiger partial charge in [-0.25, -0.2) is 0 Å².